The van der Waals surface area contributed by atoms with E-state index >= 15 is 0 Å². The summed E-state index contributed by atoms with van der Waals surface area (Å²) in [7, 11) is 0. The second-order valence-corrected chi connectivity index (χ2v) is 4.28. The molecule has 1 aliphatic heterocycles. The summed E-state index contributed by atoms with van der Waals surface area (Å²) in [6, 6.07) is 0. The van der Waals surface area contributed by atoms with E-state index in [0.29, 0.717) is 0 Å². The standard InChI is InChI=1S/C6H14.C5H11N.C2H6/c1-4-5-6(2)3;1-5-2-3-6-4-5;1-2/h6H,4-5H2,1-3H3;5-6H,2-4H2,1H3;1-2H3. The molecule has 1 fully saturated rings. The highest BCUT2D eigenvalue weighted by atomic mass is 14.9. The van der Waals surface area contributed by atoms with E-state index in [4.69, 9.17) is 0 Å². The Morgan fingerprint density at radius 3 is 1.93 bits per heavy atom. The molecule has 1 rings (SSSR count). The number of rotatable bonds is 2. The van der Waals surface area contributed by atoms with Crippen LogP contribution in [-0.4, -0.2) is 13.1 Å². The fraction of sp³-hybridized carbons (Fsp3) is 1.00. The average Bonchev–Trinajstić information content (AvgIpc) is 2.60. The summed E-state index contributed by atoms with van der Waals surface area (Å²) in [5.41, 5.74) is 0. The summed E-state index contributed by atoms with van der Waals surface area (Å²) in [5, 5.41) is 3.27. The van der Waals surface area contributed by atoms with Crippen molar-refractivity contribution in [2.24, 2.45) is 11.8 Å². The molecule has 0 radical (unpaired) electrons. The van der Waals surface area contributed by atoms with Gasteiger partial charge in [0, 0.05) is 0 Å². The first kappa shape index (κ1) is 16.4. The van der Waals surface area contributed by atoms with E-state index in [2.05, 4.69) is 33.0 Å². The summed E-state index contributed by atoms with van der Waals surface area (Å²) in [5.74, 6) is 1.83. The van der Waals surface area contributed by atoms with E-state index in [1.165, 1.54) is 32.4 Å². The van der Waals surface area contributed by atoms with Crippen molar-refractivity contribution in [3.8, 4) is 0 Å². The quantitative estimate of drug-likeness (QED) is 0.709. The Hall–Kier alpha value is -0.0400. The number of hydrogen-bond donors (Lipinski definition) is 1. The second-order valence-electron chi connectivity index (χ2n) is 4.28. The monoisotopic (exact) mass is 201 g/mol. The predicted octanol–water partition coefficient (Wildman–Crippen LogP) is 4.08. The maximum Gasteiger partial charge on any atom is -0.00227 e. The molecule has 1 N–H and O–H groups in total. The zero-order valence-electron chi connectivity index (χ0n) is 11.2. The first-order valence-corrected chi connectivity index (χ1v) is 6.37. The largest absolute Gasteiger partial charge is 0.316 e. The predicted molar refractivity (Wildman–Crippen MR) is 67.7 cm³/mol. The lowest BCUT2D eigenvalue weighted by molar-refractivity contribution is 0.576. The molecule has 1 unspecified atom stereocenters. The van der Waals surface area contributed by atoms with Crippen LogP contribution in [0.4, 0.5) is 0 Å². The van der Waals surface area contributed by atoms with Crippen LogP contribution in [0.2, 0.25) is 0 Å². The van der Waals surface area contributed by atoms with Crippen LogP contribution in [0.1, 0.15) is 60.8 Å². The first-order valence-electron chi connectivity index (χ1n) is 6.37. The number of hydrogen-bond acceptors (Lipinski definition) is 1. The van der Waals surface area contributed by atoms with E-state index in [0.717, 1.165) is 11.8 Å². The normalized spacial score (nSPS) is 19.5. The third-order valence-corrected chi connectivity index (χ3v) is 2.17. The van der Waals surface area contributed by atoms with Crippen molar-refractivity contribution in [3.05, 3.63) is 0 Å². The van der Waals surface area contributed by atoms with Gasteiger partial charge >= 0.3 is 0 Å². The maximum atomic E-state index is 3.27. The molecule has 1 aliphatic rings. The van der Waals surface area contributed by atoms with Gasteiger partial charge in [0.2, 0.25) is 0 Å². The minimum absolute atomic E-state index is 0.898. The minimum atomic E-state index is 0.898. The van der Waals surface area contributed by atoms with Crippen molar-refractivity contribution in [1.82, 2.24) is 5.32 Å². The third kappa shape index (κ3) is 14.5. The number of nitrogens with one attached hydrogen (secondary N) is 1. The fourth-order valence-electron chi connectivity index (χ4n) is 1.38. The molecule has 1 atom stereocenters. The molecule has 0 spiro atoms. The van der Waals surface area contributed by atoms with E-state index in [1.54, 1.807) is 0 Å². The van der Waals surface area contributed by atoms with Gasteiger partial charge in [0.25, 0.3) is 0 Å². The molecule has 88 valence electrons. The van der Waals surface area contributed by atoms with Crippen LogP contribution >= 0.6 is 0 Å². The van der Waals surface area contributed by atoms with Gasteiger partial charge in [-0.25, -0.2) is 0 Å². The van der Waals surface area contributed by atoms with E-state index < -0.39 is 0 Å². The van der Waals surface area contributed by atoms with Crippen LogP contribution in [-0.2, 0) is 0 Å². The van der Waals surface area contributed by atoms with Crippen molar-refractivity contribution < 1.29 is 0 Å². The summed E-state index contributed by atoms with van der Waals surface area (Å²) >= 11 is 0. The van der Waals surface area contributed by atoms with Crippen LogP contribution in [0.15, 0.2) is 0 Å². The van der Waals surface area contributed by atoms with Crippen LogP contribution in [0.3, 0.4) is 0 Å². The molecule has 0 aromatic heterocycles. The van der Waals surface area contributed by atoms with E-state index in [-0.39, 0.29) is 0 Å². The van der Waals surface area contributed by atoms with Crippen LogP contribution in [0.25, 0.3) is 0 Å². The Morgan fingerprint density at radius 1 is 1.29 bits per heavy atom. The van der Waals surface area contributed by atoms with Gasteiger partial charge < -0.3 is 5.32 Å². The van der Waals surface area contributed by atoms with E-state index in [9.17, 15) is 0 Å². The molecule has 1 heteroatoms. The van der Waals surface area contributed by atoms with Gasteiger partial charge in [-0.1, -0.05) is 54.4 Å². The van der Waals surface area contributed by atoms with Crippen molar-refractivity contribution in [2.75, 3.05) is 13.1 Å². The molecule has 0 aliphatic carbocycles. The van der Waals surface area contributed by atoms with Gasteiger partial charge in [-0.05, 0) is 31.3 Å². The summed E-state index contributed by atoms with van der Waals surface area (Å²) in [6.45, 7) is 15.5. The van der Waals surface area contributed by atoms with Gasteiger partial charge in [0.15, 0.2) is 0 Å². The zero-order chi connectivity index (χ0) is 11.4. The minimum Gasteiger partial charge on any atom is -0.316 e. The molecular formula is C13H31N. The summed E-state index contributed by atoms with van der Waals surface area (Å²) in [6.07, 6.45) is 4.08. The summed E-state index contributed by atoms with van der Waals surface area (Å²) in [4.78, 5) is 0. The van der Waals surface area contributed by atoms with Crippen LogP contribution < -0.4 is 5.32 Å². The first-order chi connectivity index (χ1) is 6.66. The van der Waals surface area contributed by atoms with Crippen molar-refractivity contribution >= 4 is 0 Å². The van der Waals surface area contributed by atoms with Crippen LogP contribution in [0.5, 0.6) is 0 Å². The van der Waals surface area contributed by atoms with Gasteiger partial charge in [-0.15, -0.1) is 0 Å². The molecule has 0 aromatic carbocycles. The fourth-order valence-corrected chi connectivity index (χ4v) is 1.38. The van der Waals surface area contributed by atoms with Crippen molar-refractivity contribution in [1.29, 1.82) is 0 Å². The Morgan fingerprint density at radius 2 is 1.86 bits per heavy atom. The highest BCUT2D eigenvalue weighted by molar-refractivity contribution is 4.65. The lowest BCUT2D eigenvalue weighted by Crippen LogP contribution is -2.06. The molecule has 1 nitrogen and oxygen atoms in total. The average molecular weight is 201 g/mol. The zero-order valence-corrected chi connectivity index (χ0v) is 11.2. The highest BCUT2D eigenvalue weighted by Crippen LogP contribution is 2.03. The van der Waals surface area contributed by atoms with E-state index in [1.807, 2.05) is 13.8 Å². The SMILES string of the molecule is CC.CC1CCNC1.CCCC(C)C. The Bertz CT molecular complexity index is 83.2. The van der Waals surface area contributed by atoms with Gasteiger partial charge in [0.1, 0.15) is 0 Å². The van der Waals surface area contributed by atoms with Crippen LogP contribution in [0, 0.1) is 11.8 Å². The Kier molecular flexibility index (Phi) is 15.2. The maximum absolute atomic E-state index is 3.27. The lowest BCUT2D eigenvalue weighted by atomic mass is 10.1. The van der Waals surface area contributed by atoms with Crippen molar-refractivity contribution in [2.45, 2.75) is 60.8 Å². The molecule has 0 bridgehead atoms. The Balaban J connectivity index is 0. The van der Waals surface area contributed by atoms with Crippen molar-refractivity contribution in [3.63, 3.8) is 0 Å². The second kappa shape index (κ2) is 13.0. The molecule has 1 saturated heterocycles. The molecule has 0 amide bonds. The molecular weight excluding hydrogens is 170 g/mol. The topological polar surface area (TPSA) is 12.0 Å². The summed E-state index contributed by atoms with van der Waals surface area (Å²) < 4.78 is 0. The smallest absolute Gasteiger partial charge is 0.00227 e. The third-order valence-electron chi connectivity index (χ3n) is 2.17. The lowest BCUT2D eigenvalue weighted by Gasteiger charge is -1.95. The molecule has 14 heavy (non-hydrogen) atoms. The Labute approximate surface area is 91.7 Å². The molecule has 1 heterocycles. The van der Waals surface area contributed by atoms with Gasteiger partial charge in [0.05, 0.1) is 0 Å². The van der Waals surface area contributed by atoms with Gasteiger partial charge in [-0.3, -0.25) is 0 Å². The molecule has 0 aromatic rings. The molecule has 0 saturated carbocycles. The van der Waals surface area contributed by atoms with Gasteiger partial charge in [-0.2, -0.15) is 0 Å². The highest BCUT2D eigenvalue weighted by Gasteiger charge is 2.06.